The number of aromatic nitrogens is 3. The lowest BCUT2D eigenvalue weighted by molar-refractivity contribution is -0.121. The third kappa shape index (κ3) is 3.17. The molecule has 2 N–H and O–H groups in total. The average molecular weight is 380 g/mol. The van der Waals surface area contributed by atoms with Crippen LogP contribution in [-0.4, -0.2) is 26.6 Å². The minimum Gasteiger partial charge on any atom is -0.354 e. The van der Waals surface area contributed by atoms with Gasteiger partial charge in [0, 0.05) is 35.9 Å². The second-order valence-electron chi connectivity index (χ2n) is 7.43. The summed E-state index contributed by atoms with van der Waals surface area (Å²) in [5.74, 6) is -0.250. The number of H-pyrrole nitrogens is 1. The smallest absolute Gasteiger partial charge is 0.328 e. The van der Waals surface area contributed by atoms with Crippen LogP contribution in [0.1, 0.15) is 28.8 Å². The van der Waals surface area contributed by atoms with E-state index in [2.05, 4.69) is 40.0 Å². The number of aromatic amines is 1. The van der Waals surface area contributed by atoms with Gasteiger partial charge in [-0.15, -0.1) is 0 Å². The van der Waals surface area contributed by atoms with E-state index in [0.29, 0.717) is 12.1 Å². The van der Waals surface area contributed by atoms with Gasteiger partial charge in [0.15, 0.2) is 0 Å². The first kappa shape index (κ1) is 18.3. The molecule has 146 valence electrons. The van der Waals surface area contributed by atoms with E-state index < -0.39 is 11.2 Å². The van der Waals surface area contributed by atoms with Gasteiger partial charge in [0.05, 0.1) is 5.52 Å². The number of hydrogen-bond donors (Lipinski definition) is 2. The summed E-state index contributed by atoms with van der Waals surface area (Å²) in [6, 6.07) is 6.47. The average Bonchev–Trinajstić information content (AvgIpc) is 2.94. The zero-order chi connectivity index (χ0) is 19.8. The Morgan fingerprint density at radius 1 is 1.25 bits per heavy atom. The summed E-state index contributed by atoms with van der Waals surface area (Å²) < 4.78 is 3.62. The molecular weight excluding hydrogens is 356 g/mol. The first-order valence-corrected chi connectivity index (χ1v) is 9.62. The Morgan fingerprint density at radius 2 is 2.07 bits per heavy atom. The summed E-state index contributed by atoms with van der Waals surface area (Å²) in [7, 11) is 0. The highest BCUT2D eigenvalue weighted by Crippen LogP contribution is 2.32. The van der Waals surface area contributed by atoms with Crippen molar-refractivity contribution in [2.75, 3.05) is 6.54 Å². The van der Waals surface area contributed by atoms with Crippen molar-refractivity contribution in [1.29, 1.82) is 0 Å². The van der Waals surface area contributed by atoms with Gasteiger partial charge in [-0.1, -0.05) is 18.2 Å². The van der Waals surface area contributed by atoms with Crippen molar-refractivity contribution >= 4 is 16.8 Å². The lowest BCUT2D eigenvalue weighted by atomic mass is 10.0. The number of nitrogens with one attached hydrogen (secondary N) is 2. The number of amides is 1. The van der Waals surface area contributed by atoms with E-state index in [1.807, 2.05) is 0 Å². The number of carbonyl (C=O) groups is 1. The van der Waals surface area contributed by atoms with Crippen molar-refractivity contribution in [3.8, 4) is 0 Å². The lowest BCUT2D eigenvalue weighted by Crippen LogP contribution is -2.37. The van der Waals surface area contributed by atoms with Gasteiger partial charge in [-0.05, 0) is 44.2 Å². The number of carbonyl (C=O) groups excluding carboxylic acids is 1. The van der Waals surface area contributed by atoms with E-state index in [0.717, 1.165) is 25.8 Å². The van der Waals surface area contributed by atoms with Crippen LogP contribution in [0.25, 0.3) is 10.9 Å². The van der Waals surface area contributed by atoms with E-state index in [9.17, 15) is 14.4 Å². The molecule has 1 aliphatic rings. The molecule has 0 radical (unpaired) electrons. The van der Waals surface area contributed by atoms with Crippen molar-refractivity contribution in [1.82, 2.24) is 19.4 Å². The highest BCUT2D eigenvalue weighted by molar-refractivity contribution is 5.88. The fourth-order valence-corrected chi connectivity index (χ4v) is 4.18. The molecule has 7 nitrogen and oxygen atoms in total. The summed E-state index contributed by atoms with van der Waals surface area (Å²) in [5, 5.41) is 4.16. The van der Waals surface area contributed by atoms with Crippen LogP contribution >= 0.6 is 0 Å². The van der Waals surface area contributed by atoms with Crippen molar-refractivity contribution in [3.63, 3.8) is 0 Å². The van der Waals surface area contributed by atoms with E-state index in [1.165, 1.54) is 38.5 Å². The number of rotatable bonds is 5. The molecule has 28 heavy (non-hydrogen) atoms. The zero-order valence-electron chi connectivity index (χ0n) is 16.2. The fraction of sp³-hybridized carbons (Fsp3) is 0.381. The number of benzene rings is 1. The van der Waals surface area contributed by atoms with Gasteiger partial charge in [-0.2, -0.15) is 0 Å². The largest absolute Gasteiger partial charge is 0.354 e. The normalized spacial score (nSPS) is 13.1. The van der Waals surface area contributed by atoms with Crippen LogP contribution in [0.4, 0.5) is 0 Å². The van der Waals surface area contributed by atoms with Crippen LogP contribution in [0.2, 0.25) is 0 Å². The Balaban J connectivity index is 1.46. The Kier molecular flexibility index (Phi) is 4.66. The summed E-state index contributed by atoms with van der Waals surface area (Å²) in [6.45, 7) is 5.18. The van der Waals surface area contributed by atoms with E-state index >= 15 is 0 Å². The highest BCUT2D eigenvalue weighted by atomic mass is 16.2. The summed E-state index contributed by atoms with van der Waals surface area (Å²) >= 11 is 0. The van der Waals surface area contributed by atoms with Crippen LogP contribution in [0, 0.1) is 13.8 Å². The number of para-hydroxylation sites is 1. The molecule has 3 heterocycles. The maximum atomic E-state index is 12.3. The van der Waals surface area contributed by atoms with Crippen molar-refractivity contribution in [3.05, 3.63) is 67.6 Å². The Morgan fingerprint density at radius 3 is 2.89 bits per heavy atom. The molecular formula is C21H24N4O3. The molecule has 0 fully saturated rings. The Hall–Kier alpha value is -3.09. The summed E-state index contributed by atoms with van der Waals surface area (Å²) in [5.41, 5.74) is 4.68. The van der Waals surface area contributed by atoms with Crippen LogP contribution in [0.3, 0.4) is 0 Å². The van der Waals surface area contributed by atoms with Crippen molar-refractivity contribution in [2.45, 2.75) is 46.2 Å². The standard InChI is InChI=1S/C21H24N4O3/c1-13-11-24(21(28)23-20(13)27)12-18(26)22-9-8-16-14(2)25-10-4-6-15-5-3-7-17(16)19(15)25/h3,5,7,11H,4,6,8-10,12H2,1-2H3,(H,22,26)(H,23,27,28). The van der Waals surface area contributed by atoms with Gasteiger partial charge >= 0.3 is 5.69 Å². The molecule has 1 amide bonds. The summed E-state index contributed by atoms with van der Waals surface area (Å²) in [6.07, 6.45) is 4.43. The van der Waals surface area contributed by atoms with Gasteiger partial charge in [-0.3, -0.25) is 19.1 Å². The number of hydrogen-bond acceptors (Lipinski definition) is 3. The van der Waals surface area contributed by atoms with Crippen LogP contribution in [0.15, 0.2) is 34.0 Å². The van der Waals surface area contributed by atoms with Crippen molar-refractivity contribution in [2.24, 2.45) is 0 Å². The van der Waals surface area contributed by atoms with E-state index in [4.69, 9.17) is 0 Å². The SMILES string of the molecule is Cc1cn(CC(=O)NCCc2c(C)n3c4c(cccc24)CCC3)c(=O)[nH]c1=O. The molecule has 0 unspecified atom stereocenters. The molecule has 0 atom stereocenters. The van der Waals surface area contributed by atoms with Crippen LogP contribution in [0.5, 0.6) is 0 Å². The van der Waals surface area contributed by atoms with Gasteiger partial charge in [0.25, 0.3) is 5.56 Å². The van der Waals surface area contributed by atoms with E-state index in [-0.39, 0.29) is 12.5 Å². The molecule has 4 rings (SSSR count). The molecule has 2 aromatic heterocycles. The minimum absolute atomic E-state index is 0.110. The molecule has 0 bridgehead atoms. The zero-order valence-corrected chi connectivity index (χ0v) is 16.2. The molecule has 0 spiro atoms. The Labute approximate surface area is 162 Å². The molecule has 7 heteroatoms. The molecule has 0 saturated carbocycles. The van der Waals surface area contributed by atoms with E-state index in [1.54, 1.807) is 6.92 Å². The first-order chi connectivity index (χ1) is 13.5. The topological polar surface area (TPSA) is 88.9 Å². The third-order valence-electron chi connectivity index (χ3n) is 5.58. The van der Waals surface area contributed by atoms with Crippen LogP contribution < -0.4 is 16.6 Å². The Bertz CT molecular complexity index is 1180. The quantitative estimate of drug-likeness (QED) is 0.701. The second-order valence-corrected chi connectivity index (χ2v) is 7.43. The van der Waals surface area contributed by atoms with Gasteiger partial charge < -0.3 is 9.88 Å². The minimum atomic E-state index is -0.574. The monoisotopic (exact) mass is 380 g/mol. The van der Waals surface area contributed by atoms with Crippen LogP contribution in [-0.2, 0) is 30.7 Å². The van der Waals surface area contributed by atoms with Crippen molar-refractivity contribution < 1.29 is 4.79 Å². The predicted octanol–water partition coefficient (Wildman–Crippen LogP) is 1.41. The van der Waals surface area contributed by atoms with Gasteiger partial charge in [-0.25, -0.2) is 4.79 Å². The molecule has 0 saturated heterocycles. The first-order valence-electron chi connectivity index (χ1n) is 9.62. The third-order valence-corrected chi connectivity index (χ3v) is 5.58. The maximum Gasteiger partial charge on any atom is 0.328 e. The van der Waals surface area contributed by atoms with Gasteiger partial charge in [0.2, 0.25) is 5.91 Å². The number of aryl methyl sites for hydroxylation is 3. The molecule has 3 aromatic rings. The molecule has 1 aliphatic heterocycles. The highest BCUT2D eigenvalue weighted by Gasteiger charge is 2.19. The molecule has 0 aliphatic carbocycles. The maximum absolute atomic E-state index is 12.3. The lowest BCUT2D eigenvalue weighted by Gasteiger charge is -2.16. The van der Waals surface area contributed by atoms with Gasteiger partial charge in [0.1, 0.15) is 6.54 Å². The second kappa shape index (κ2) is 7.14. The number of nitrogens with zero attached hydrogens (tertiary/aromatic N) is 2. The predicted molar refractivity (Wildman–Crippen MR) is 108 cm³/mol. The fourth-order valence-electron chi connectivity index (χ4n) is 4.18. The summed E-state index contributed by atoms with van der Waals surface area (Å²) in [4.78, 5) is 37.7. The molecule has 1 aromatic carbocycles.